The van der Waals surface area contributed by atoms with Crippen LogP contribution >= 0.6 is 0 Å². The van der Waals surface area contributed by atoms with Gasteiger partial charge >= 0.3 is 0 Å². The molecule has 0 spiro atoms. The molecule has 0 N–H and O–H groups in total. The van der Waals surface area contributed by atoms with Gasteiger partial charge in [-0.05, 0) is 120 Å². The Hall–Kier alpha value is -6.18. The van der Waals surface area contributed by atoms with Crippen LogP contribution in [0.1, 0.15) is 25.0 Å². The Morgan fingerprint density at radius 1 is 0.380 bits per heavy atom. The zero-order chi connectivity index (χ0) is 33.4. The number of fused-ring (bicyclic) bond motifs is 6. The number of benzene rings is 8. The minimum Gasteiger partial charge on any atom is -0.310 e. The Balaban J connectivity index is 1.11. The van der Waals surface area contributed by atoms with Crippen molar-refractivity contribution in [2.45, 2.75) is 19.3 Å². The summed E-state index contributed by atoms with van der Waals surface area (Å²) in [7, 11) is 0. The van der Waals surface area contributed by atoms with Crippen molar-refractivity contribution >= 4 is 27.8 Å². The van der Waals surface area contributed by atoms with Crippen molar-refractivity contribution in [2.24, 2.45) is 0 Å². The Kier molecular flexibility index (Phi) is 6.29. The van der Waals surface area contributed by atoms with Gasteiger partial charge in [0.2, 0.25) is 0 Å². The predicted molar refractivity (Wildman–Crippen MR) is 211 cm³/mol. The molecule has 2 aliphatic rings. The summed E-state index contributed by atoms with van der Waals surface area (Å²) in [4.78, 5) is 2.45. The fourth-order valence-electron chi connectivity index (χ4n) is 8.65. The first kappa shape index (κ1) is 28.8. The van der Waals surface area contributed by atoms with Gasteiger partial charge in [-0.1, -0.05) is 147 Å². The van der Waals surface area contributed by atoms with Crippen LogP contribution in [0.5, 0.6) is 0 Å². The van der Waals surface area contributed by atoms with Crippen LogP contribution in [0.2, 0.25) is 0 Å². The molecule has 0 bridgehead atoms. The fourth-order valence-corrected chi connectivity index (χ4v) is 8.65. The Labute approximate surface area is 293 Å². The van der Waals surface area contributed by atoms with E-state index in [0.29, 0.717) is 0 Å². The normalized spacial score (nSPS) is 13.2. The number of hydrogen-bond acceptors (Lipinski definition) is 1. The first-order valence-corrected chi connectivity index (χ1v) is 17.5. The van der Waals surface area contributed by atoms with E-state index in [0.717, 1.165) is 11.4 Å². The maximum atomic E-state index is 2.45. The molecule has 10 rings (SSSR count). The van der Waals surface area contributed by atoms with Crippen molar-refractivity contribution in [3.63, 3.8) is 0 Å². The van der Waals surface area contributed by atoms with Crippen LogP contribution in [0.4, 0.5) is 17.1 Å². The van der Waals surface area contributed by atoms with E-state index < -0.39 is 0 Å². The summed E-state index contributed by atoms with van der Waals surface area (Å²) in [5.41, 5.74) is 19.0. The van der Waals surface area contributed by atoms with Crippen molar-refractivity contribution in [3.05, 3.63) is 187 Å². The third kappa shape index (κ3) is 4.27. The van der Waals surface area contributed by atoms with Crippen LogP contribution in [0.25, 0.3) is 66.4 Å². The molecule has 0 atom stereocenters. The predicted octanol–water partition coefficient (Wildman–Crippen LogP) is 13.6. The molecule has 0 saturated heterocycles. The molecule has 1 nitrogen and oxygen atoms in total. The molecule has 236 valence electrons. The second kappa shape index (κ2) is 10.9. The van der Waals surface area contributed by atoms with E-state index in [1.807, 2.05) is 0 Å². The first-order chi connectivity index (χ1) is 24.6. The molecule has 0 aromatic heterocycles. The van der Waals surface area contributed by atoms with E-state index in [1.165, 1.54) is 83.2 Å². The molecule has 0 fully saturated rings. The van der Waals surface area contributed by atoms with Crippen molar-refractivity contribution in [1.29, 1.82) is 0 Å². The van der Waals surface area contributed by atoms with Gasteiger partial charge in [-0.15, -0.1) is 0 Å². The van der Waals surface area contributed by atoms with Gasteiger partial charge in [0.05, 0.1) is 5.69 Å². The standard InChI is InChI=1S/C49H35N/c1-49(2)45-20-9-8-17-41(45)43-19-11-21-46(48(43)49)50(37-26-22-33(23-27-37)32-12-4-3-5-13-32)38-28-24-34(25-29-38)36-30-35-14-10-18-42-39-15-6-7-16-40(39)44(31-36)47(35)42/h3-31H,1-2H3. The number of nitrogens with zero attached hydrogens (tertiary/aromatic N) is 1. The first-order valence-electron chi connectivity index (χ1n) is 17.5. The van der Waals surface area contributed by atoms with Crippen LogP contribution in [0.3, 0.4) is 0 Å². The third-order valence-corrected chi connectivity index (χ3v) is 11.0. The van der Waals surface area contributed by atoms with Crippen molar-refractivity contribution in [2.75, 3.05) is 4.90 Å². The highest BCUT2D eigenvalue weighted by molar-refractivity contribution is 6.16. The summed E-state index contributed by atoms with van der Waals surface area (Å²) in [5.74, 6) is 0. The molecular formula is C49H35N. The van der Waals surface area contributed by atoms with Gasteiger partial charge in [0, 0.05) is 16.8 Å². The quantitative estimate of drug-likeness (QED) is 0.181. The summed E-state index contributed by atoms with van der Waals surface area (Å²) in [6, 6.07) is 64.8. The highest BCUT2D eigenvalue weighted by atomic mass is 15.1. The number of rotatable bonds is 5. The summed E-state index contributed by atoms with van der Waals surface area (Å²) >= 11 is 0. The number of hydrogen-bond donors (Lipinski definition) is 0. The molecule has 0 amide bonds. The lowest BCUT2D eigenvalue weighted by molar-refractivity contribution is 0.661. The zero-order valence-corrected chi connectivity index (χ0v) is 28.2. The summed E-state index contributed by atoms with van der Waals surface area (Å²) in [6.07, 6.45) is 0. The minimum atomic E-state index is -0.145. The molecule has 0 heterocycles. The van der Waals surface area contributed by atoms with Gasteiger partial charge in [-0.2, -0.15) is 0 Å². The van der Waals surface area contributed by atoms with Crippen LogP contribution in [-0.4, -0.2) is 0 Å². The molecule has 2 aliphatic carbocycles. The SMILES string of the molecule is CC1(C)c2ccccc2-c2cccc(N(c3ccc(-c4ccccc4)cc3)c3ccc(-c4cc5c6c(cccc6c4)-c4ccccc4-5)cc3)c21. The maximum Gasteiger partial charge on any atom is 0.0508 e. The topological polar surface area (TPSA) is 3.24 Å². The Morgan fingerprint density at radius 3 is 1.64 bits per heavy atom. The maximum absolute atomic E-state index is 2.45. The van der Waals surface area contributed by atoms with E-state index in [4.69, 9.17) is 0 Å². The van der Waals surface area contributed by atoms with E-state index in [9.17, 15) is 0 Å². The molecule has 8 aromatic rings. The molecule has 1 heteroatoms. The van der Waals surface area contributed by atoms with Gasteiger partial charge in [0.1, 0.15) is 0 Å². The van der Waals surface area contributed by atoms with Gasteiger partial charge in [0.25, 0.3) is 0 Å². The second-order valence-electron chi connectivity index (χ2n) is 14.1. The summed E-state index contributed by atoms with van der Waals surface area (Å²) in [5, 5.41) is 2.65. The van der Waals surface area contributed by atoms with E-state index in [-0.39, 0.29) is 5.41 Å². The molecular weight excluding hydrogens is 603 g/mol. The largest absolute Gasteiger partial charge is 0.310 e. The summed E-state index contributed by atoms with van der Waals surface area (Å²) in [6.45, 7) is 4.74. The van der Waals surface area contributed by atoms with Crippen molar-refractivity contribution in [3.8, 4) is 55.6 Å². The van der Waals surface area contributed by atoms with Gasteiger partial charge in [-0.3, -0.25) is 0 Å². The lowest BCUT2D eigenvalue weighted by atomic mass is 9.81. The van der Waals surface area contributed by atoms with Crippen LogP contribution in [0.15, 0.2) is 176 Å². The smallest absolute Gasteiger partial charge is 0.0508 e. The van der Waals surface area contributed by atoms with Crippen molar-refractivity contribution in [1.82, 2.24) is 0 Å². The van der Waals surface area contributed by atoms with E-state index >= 15 is 0 Å². The highest BCUT2D eigenvalue weighted by Gasteiger charge is 2.38. The second-order valence-corrected chi connectivity index (χ2v) is 14.1. The van der Waals surface area contributed by atoms with Crippen LogP contribution in [-0.2, 0) is 5.41 Å². The van der Waals surface area contributed by atoms with Gasteiger partial charge in [0.15, 0.2) is 0 Å². The average Bonchev–Trinajstić information content (AvgIpc) is 3.62. The Bertz CT molecular complexity index is 2590. The summed E-state index contributed by atoms with van der Waals surface area (Å²) < 4.78 is 0. The van der Waals surface area contributed by atoms with E-state index in [1.54, 1.807) is 0 Å². The molecule has 0 radical (unpaired) electrons. The van der Waals surface area contributed by atoms with Gasteiger partial charge in [-0.25, -0.2) is 0 Å². The van der Waals surface area contributed by atoms with Crippen LogP contribution < -0.4 is 4.90 Å². The average molecular weight is 638 g/mol. The molecule has 0 unspecified atom stereocenters. The van der Waals surface area contributed by atoms with Crippen molar-refractivity contribution < 1.29 is 0 Å². The van der Waals surface area contributed by atoms with Gasteiger partial charge < -0.3 is 4.90 Å². The van der Waals surface area contributed by atoms with E-state index in [2.05, 4.69) is 195 Å². The lowest BCUT2D eigenvalue weighted by Gasteiger charge is -2.32. The minimum absolute atomic E-state index is 0.145. The molecule has 0 aliphatic heterocycles. The monoisotopic (exact) mass is 637 g/mol. The molecule has 50 heavy (non-hydrogen) atoms. The lowest BCUT2D eigenvalue weighted by Crippen LogP contribution is -2.20. The zero-order valence-electron chi connectivity index (χ0n) is 28.2. The third-order valence-electron chi connectivity index (χ3n) is 11.0. The molecule has 0 saturated carbocycles. The van der Waals surface area contributed by atoms with Crippen LogP contribution in [0, 0.1) is 0 Å². The highest BCUT2D eigenvalue weighted by Crippen LogP contribution is 2.54. The Morgan fingerprint density at radius 2 is 0.920 bits per heavy atom. The number of anilines is 3. The fraction of sp³-hybridized carbons (Fsp3) is 0.0612. The molecule has 8 aromatic carbocycles.